The lowest BCUT2D eigenvalue weighted by atomic mass is 9.94. The molecule has 1 fully saturated rings. The SMILES string of the molecule is Cc1ccc(C(C)C)cc1C1CCC(=O)O1. The van der Waals surface area contributed by atoms with E-state index in [2.05, 4.69) is 39.0 Å². The monoisotopic (exact) mass is 218 g/mol. The maximum Gasteiger partial charge on any atom is 0.306 e. The minimum atomic E-state index is -0.0700. The number of esters is 1. The van der Waals surface area contributed by atoms with Crippen molar-refractivity contribution in [1.82, 2.24) is 0 Å². The molecule has 0 aliphatic carbocycles. The van der Waals surface area contributed by atoms with Crippen LogP contribution in [-0.4, -0.2) is 5.97 Å². The van der Waals surface area contributed by atoms with Gasteiger partial charge in [-0.15, -0.1) is 0 Å². The zero-order valence-electron chi connectivity index (χ0n) is 10.1. The molecule has 0 aromatic heterocycles. The first kappa shape index (κ1) is 11.2. The number of hydrogen-bond acceptors (Lipinski definition) is 2. The third-order valence-corrected chi connectivity index (χ3v) is 3.20. The van der Waals surface area contributed by atoms with Crippen molar-refractivity contribution in [3.05, 3.63) is 34.9 Å². The molecule has 1 aliphatic rings. The molecule has 1 atom stereocenters. The second-order valence-electron chi connectivity index (χ2n) is 4.79. The van der Waals surface area contributed by atoms with E-state index < -0.39 is 0 Å². The van der Waals surface area contributed by atoms with Crippen molar-refractivity contribution in [2.24, 2.45) is 0 Å². The van der Waals surface area contributed by atoms with Crippen molar-refractivity contribution in [3.8, 4) is 0 Å². The van der Waals surface area contributed by atoms with E-state index in [0.29, 0.717) is 12.3 Å². The number of carbonyl (C=O) groups excluding carboxylic acids is 1. The van der Waals surface area contributed by atoms with Crippen LogP contribution in [0.25, 0.3) is 0 Å². The Bertz CT molecular complexity index is 407. The van der Waals surface area contributed by atoms with Crippen molar-refractivity contribution in [2.75, 3.05) is 0 Å². The fourth-order valence-electron chi connectivity index (χ4n) is 2.11. The molecule has 1 saturated heterocycles. The van der Waals surface area contributed by atoms with Crippen LogP contribution >= 0.6 is 0 Å². The maximum atomic E-state index is 11.1. The smallest absolute Gasteiger partial charge is 0.306 e. The lowest BCUT2D eigenvalue weighted by Gasteiger charge is -2.15. The molecule has 1 aliphatic heterocycles. The second kappa shape index (κ2) is 4.28. The number of hydrogen-bond donors (Lipinski definition) is 0. The van der Waals surface area contributed by atoms with Gasteiger partial charge in [0, 0.05) is 6.42 Å². The molecule has 1 heterocycles. The molecule has 0 amide bonds. The van der Waals surface area contributed by atoms with Gasteiger partial charge in [-0.3, -0.25) is 4.79 Å². The summed E-state index contributed by atoms with van der Waals surface area (Å²) in [6, 6.07) is 6.46. The minimum Gasteiger partial charge on any atom is -0.457 e. The number of cyclic esters (lactones) is 1. The van der Waals surface area contributed by atoms with E-state index in [0.717, 1.165) is 6.42 Å². The van der Waals surface area contributed by atoms with Gasteiger partial charge in [-0.25, -0.2) is 0 Å². The van der Waals surface area contributed by atoms with Gasteiger partial charge in [-0.2, -0.15) is 0 Å². The van der Waals surface area contributed by atoms with Crippen LogP contribution in [0.15, 0.2) is 18.2 Å². The average molecular weight is 218 g/mol. The molecule has 86 valence electrons. The molecule has 1 unspecified atom stereocenters. The van der Waals surface area contributed by atoms with E-state index in [1.165, 1.54) is 16.7 Å². The number of benzene rings is 1. The Morgan fingerprint density at radius 2 is 2.12 bits per heavy atom. The fourth-order valence-corrected chi connectivity index (χ4v) is 2.11. The summed E-state index contributed by atoms with van der Waals surface area (Å²) in [4.78, 5) is 11.1. The van der Waals surface area contributed by atoms with Crippen LogP contribution in [0.2, 0.25) is 0 Å². The molecule has 0 N–H and O–H groups in total. The summed E-state index contributed by atoms with van der Waals surface area (Å²) in [5.41, 5.74) is 3.70. The van der Waals surface area contributed by atoms with Crippen LogP contribution in [0.3, 0.4) is 0 Å². The quantitative estimate of drug-likeness (QED) is 0.710. The van der Waals surface area contributed by atoms with Crippen molar-refractivity contribution in [2.45, 2.75) is 45.6 Å². The standard InChI is InChI=1S/C14H18O2/c1-9(2)11-5-4-10(3)12(8-11)13-6-7-14(15)16-13/h4-5,8-9,13H,6-7H2,1-3H3. The fraction of sp³-hybridized carbons (Fsp3) is 0.500. The van der Waals surface area contributed by atoms with Crippen molar-refractivity contribution in [1.29, 1.82) is 0 Å². The first-order chi connectivity index (χ1) is 7.58. The second-order valence-corrected chi connectivity index (χ2v) is 4.79. The van der Waals surface area contributed by atoms with Crippen molar-refractivity contribution in [3.63, 3.8) is 0 Å². The van der Waals surface area contributed by atoms with E-state index in [-0.39, 0.29) is 12.1 Å². The zero-order chi connectivity index (χ0) is 11.7. The molecule has 0 saturated carbocycles. The van der Waals surface area contributed by atoms with E-state index >= 15 is 0 Å². The summed E-state index contributed by atoms with van der Waals surface area (Å²) in [5, 5.41) is 0. The Kier molecular flexibility index (Phi) is 2.99. The van der Waals surface area contributed by atoms with Crippen LogP contribution < -0.4 is 0 Å². The largest absolute Gasteiger partial charge is 0.457 e. The molecule has 0 spiro atoms. The lowest BCUT2D eigenvalue weighted by molar-refractivity contribution is -0.141. The molecule has 0 radical (unpaired) electrons. The van der Waals surface area contributed by atoms with Crippen LogP contribution in [0.1, 0.15) is 55.4 Å². The predicted molar refractivity (Wildman–Crippen MR) is 63.3 cm³/mol. The lowest BCUT2D eigenvalue weighted by Crippen LogP contribution is -2.02. The number of ether oxygens (including phenoxy) is 1. The molecule has 2 rings (SSSR count). The van der Waals surface area contributed by atoms with E-state index in [9.17, 15) is 4.79 Å². The van der Waals surface area contributed by atoms with Gasteiger partial charge in [-0.1, -0.05) is 32.0 Å². The molecular weight excluding hydrogens is 200 g/mol. The van der Waals surface area contributed by atoms with Gasteiger partial charge in [0.1, 0.15) is 6.10 Å². The molecule has 2 nitrogen and oxygen atoms in total. The Hall–Kier alpha value is -1.31. The highest BCUT2D eigenvalue weighted by Crippen LogP contribution is 2.33. The third-order valence-electron chi connectivity index (χ3n) is 3.20. The van der Waals surface area contributed by atoms with Crippen LogP contribution in [-0.2, 0) is 9.53 Å². The summed E-state index contributed by atoms with van der Waals surface area (Å²) in [6.07, 6.45) is 1.35. The Morgan fingerprint density at radius 3 is 2.69 bits per heavy atom. The van der Waals surface area contributed by atoms with E-state index in [4.69, 9.17) is 4.74 Å². The van der Waals surface area contributed by atoms with Crippen LogP contribution in [0.4, 0.5) is 0 Å². The van der Waals surface area contributed by atoms with Gasteiger partial charge in [0.25, 0.3) is 0 Å². The summed E-state index contributed by atoms with van der Waals surface area (Å²) in [7, 11) is 0. The van der Waals surface area contributed by atoms with Crippen molar-refractivity contribution < 1.29 is 9.53 Å². The summed E-state index contributed by atoms with van der Waals surface area (Å²) in [6.45, 7) is 6.43. The first-order valence-corrected chi connectivity index (χ1v) is 5.88. The van der Waals surface area contributed by atoms with Crippen LogP contribution in [0.5, 0.6) is 0 Å². The van der Waals surface area contributed by atoms with Gasteiger partial charge in [0.05, 0.1) is 0 Å². The molecular formula is C14H18O2. The van der Waals surface area contributed by atoms with Gasteiger partial charge < -0.3 is 4.74 Å². The molecule has 16 heavy (non-hydrogen) atoms. The number of carbonyl (C=O) groups is 1. The molecule has 2 heteroatoms. The third kappa shape index (κ3) is 2.11. The minimum absolute atomic E-state index is 0.0220. The number of aryl methyl sites for hydroxylation is 1. The highest BCUT2D eigenvalue weighted by Gasteiger charge is 2.26. The maximum absolute atomic E-state index is 11.1. The summed E-state index contributed by atoms with van der Waals surface area (Å²) >= 11 is 0. The number of rotatable bonds is 2. The molecule has 0 bridgehead atoms. The highest BCUT2D eigenvalue weighted by atomic mass is 16.5. The zero-order valence-corrected chi connectivity index (χ0v) is 10.1. The first-order valence-electron chi connectivity index (χ1n) is 5.88. The normalized spacial score (nSPS) is 20.2. The van der Waals surface area contributed by atoms with Crippen molar-refractivity contribution >= 4 is 5.97 Å². The average Bonchev–Trinajstić information content (AvgIpc) is 2.65. The van der Waals surface area contributed by atoms with Gasteiger partial charge in [-0.05, 0) is 36.0 Å². The Labute approximate surface area is 96.6 Å². The summed E-state index contributed by atoms with van der Waals surface area (Å²) < 4.78 is 5.32. The van der Waals surface area contributed by atoms with Gasteiger partial charge in [0.2, 0.25) is 0 Å². The van der Waals surface area contributed by atoms with Crippen LogP contribution in [0, 0.1) is 6.92 Å². The Balaban J connectivity index is 2.32. The van der Waals surface area contributed by atoms with Gasteiger partial charge >= 0.3 is 5.97 Å². The molecule has 1 aromatic rings. The Morgan fingerprint density at radius 1 is 1.38 bits per heavy atom. The molecule has 1 aromatic carbocycles. The van der Waals surface area contributed by atoms with E-state index in [1.807, 2.05) is 0 Å². The van der Waals surface area contributed by atoms with E-state index in [1.54, 1.807) is 0 Å². The predicted octanol–water partition coefficient (Wildman–Crippen LogP) is 3.50. The highest BCUT2D eigenvalue weighted by molar-refractivity contribution is 5.71. The summed E-state index contributed by atoms with van der Waals surface area (Å²) in [5.74, 6) is 0.441. The van der Waals surface area contributed by atoms with Gasteiger partial charge in [0.15, 0.2) is 0 Å². The topological polar surface area (TPSA) is 26.3 Å².